The Kier molecular flexibility index (Phi) is 6.51. The van der Waals surface area contributed by atoms with Gasteiger partial charge in [0.25, 0.3) is 5.91 Å². The molecular weight excluding hydrogens is 370 g/mol. The zero-order chi connectivity index (χ0) is 20.4. The van der Waals surface area contributed by atoms with Crippen molar-refractivity contribution in [1.29, 1.82) is 0 Å². The minimum absolute atomic E-state index is 0.244. The highest BCUT2D eigenvalue weighted by Crippen LogP contribution is 2.30. The molecule has 1 aromatic carbocycles. The number of rotatable bonds is 6. The maximum absolute atomic E-state index is 13.0. The number of hydrogen-bond acceptors (Lipinski definition) is 5. The van der Waals surface area contributed by atoms with Crippen molar-refractivity contribution < 1.29 is 27.9 Å². The van der Waals surface area contributed by atoms with Gasteiger partial charge in [0.05, 0.1) is 5.25 Å². The predicted octanol–water partition coefficient (Wildman–Crippen LogP) is 2.19. The van der Waals surface area contributed by atoms with Gasteiger partial charge in [-0.15, -0.1) is 0 Å². The number of carboxylic acids is 1. The number of carbonyl (C=O) groups excluding carboxylic acids is 1. The van der Waals surface area contributed by atoms with Crippen LogP contribution in [-0.4, -0.2) is 61.5 Å². The number of carboxylic acid groups (broad SMARTS) is 1. The van der Waals surface area contributed by atoms with Gasteiger partial charge < -0.3 is 14.7 Å². The van der Waals surface area contributed by atoms with E-state index in [1.807, 2.05) is 0 Å². The van der Waals surface area contributed by atoms with E-state index in [9.17, 15) is 18.0 Å². The number of sulfone groups is 1. The summed E-state index contributed by atoms with van der Waals surface area (Å²) in [4.78, 5) is 25.2. The van der Waals surface area contributed by atoms with E-state index in [1.165, 1.54) is 11.2 Å². The van der Waals surface area contributed by atoms with Gasteiger partial charge in [-0.3, -0.25) is 4.79 Å². The molecule has 0 heterocycles. The summed E-state index contributed by atoms with van der Waals surface area (Å²) < 4.78 is 29.6. The first-order valence-corrected chi connectivity index (χ1v) is 10.9. The van der Waals surface area contributed by atoms with Gasteiger partial charge in [0, 0.05) is 24.9 Å². The Hall–Kier alpha value is -2.09. The summed E-state index contributed by atoms with van der Waals surface area (Å²) >= 11 is 0. The summed E-state index contributed by atoms with van der Waals surface area (Å²) in [5, 5.41) is 8.23. The largest absolute Gasteiger partial charge is 0.481 e. The molecule has 1 aromatic rings. The number of hydrogen-bond donors (Lipinski definition) is 1. The third-order valence-electron chi connectivity index (χ3n) is 5.08. The Labute approximate surface area is 160 Å². The lowest BCUT2D eigenvalue weighted by molar-refractivity contribution is -0.139. The summed E-state index contributed by atoms with van der Waals surface area (Å²) in [5.41, 5.74) is 1.76. The lowest BCUT2D eigenvalue weighted by atomic mass is 9.93. The molecule has 2 atom stereocenters. The molecule has 8 heteroatoms. The third-order valence-corrected chi connectivity index (χ3v) is 6.73. The van der Waals surface area contributed by atoms with E-state index >= 15 is 0 Å². The van der Waals surface area contributed by atoms with Crippen LogP contribution in [0.1, 0.15) is 47.2 Å². The van der Waals surface area contributed by atoms with Crippen LogP contribution < -0.4 is 4.74 Å². The molecule has 1 amide bonds. The molecule has 1 fully saturated rings. The van der Waals surface area contributed by atoms with Crippen molar-refractivity contribution in [3.8, 4) is 5.75 Å². The van der Waals surface area contributed by atoms with Crippen LogP contribution in [0.2, 0.25) is 0 Å². The van der Waals surface area contributed by atoms with Crippen molar-refractivity contribution in [2.24, 2.45) is 0 Å². The first kappa shape index (κ1) is 21.2. The molecule has 1 aliphatic rings. The Morgan fingerprint density at radius 2 is 1.74 bits per heavy atom. The normalized spacial score (nSPS) is 20.1. The van der Waals surface area contributed by atoms with E-state index < -0.39 is 27.7 Å². The van der Waals surface area contributed by atoms with Crippen LogP contribution >= 0.6 is 0 Å². The summed E-state index contributed by atoms with van der Waals surface area (Å²) in [5.74, 6) is -0.868. The van der Waals surface area contributed by atoms with Crippen LogP contribution in [0, 0.1) is 13.8 Å². The van der Waals surface area contributed by atoms with Crippen LogP contribution in [-0.2, 0) is 14.6 Å². The molecule has 0 radical (unpaired) electrons. The number of amides is 1. The van der Waals surface area contributed by atoms with E-state index in [2.05, 4.69) is 0 Å². The molecule has 0 aromatic heterocycles. The quantitative estimate of drug-likeness (QED) is 0.790. The van der Waals surface area contributed by atoms with Gasteiger partial charge in [0.2, 0.25) is 0 Å². The third kappa shape index (κ3) is 5.00. The van der Waals surface area contributed by atoms with Crippen molar-refractivity contribution in [2.45, 2.75) is 50.8 Å². The van der Waals surface area contributed by atoms with Gasteiger partial charge in [0.1, 0.15) is 5.75 Å². The summed E-state index contributed by atoms with van der Waals surface area (Å²) in [7, 11) is -1.60. The lowest BCUT2D eigenvalue weighted by Crippen LogP contribution is -2.49. The van der Waals surface area contributed by atoms with Crippen LogP contribution in [0.3, 0.4) is 0 Å². The lowest BCUT2D eigenvalue weighted by Gasteiger charge is -2.37. The van der Waals surface area contributed by atoms with Gasteiger partial charge in [-0.25, -0.2) is 13.2 Å². The monoisotopic (exact) mass is 397 g/mol. The first-order valence-electron chi connectivity index (χ1n) is 8.94. The van der Waals surface area contributed by atoms with Crippen molar-refractivity contribution in [3.05, 3.63) is 28.8 Å². The van der Waals surface area contributed by atoms with E-state index in [-0.39, 0.29) is 11.9 Å². The van der Waals surface area contributed by atoms with Crippen LogP contribution in [0.4, 0.5) is 0 Å². The number of aryl methyl sites for hydroxylation is 2. The zero-order valence-electron chi connectivity index (χ0n) is 16.2. The van der Waals surface area contributed by atoms with Crippen molar-refractivity contribution in [2.75, 3.05) is 19.9 Å². The fraction of sp³-hybridized carbons (Fsp3) is 0.579. The second-order valence-corrected chi connectivity index (χ2v) is 9.52. The van der Waals surface area contributed by atoms with Gasteiger partial charge in [-0.2, -0.15) is 0 Å². The Bertz CT molecular complexity index is 810. The van der Waals surface area contributed by atoms with Crippen molar-refractivity contribution >= 4 is 21.7 Å². The highest BCUT2D eigenvalue weighted by atomic mass is 32.2. The molecule has 0 saturated heterocycles. The molecule has 27 heavy (non-hydrogen) atoms. The second-order valence-electron chi connectivity index (χ2n) is 7.26. The highest BCUT2D eigenvalue weighted by molar-refractivity contribution is 7.91. The standard InChI is InChI=1S/C19H27NO6S/c1-12-9-14(10-13(2)18(12)26-11-17(21)22)19(23)20(3)15-7-5-6-8-16(15)27(4,24)25/h9-10,15-16H,5-8,11H2,1-4H3,(H,21,22). The average Bonchev–Trinajstić information content (AvgIpc) is 2.58. The van der Waals surface area contributed by atoms with Gasteiger partial charge in [-0.1, -0.05) is 12.8 Å². The molecule has 1 N–H and O–H groups in total. The van der Waals surface area contributed by atoms with E-state index in [1.54, 1.807) is 33.0 Å². The van der Waals surface area contributed by atoms with E-state index in [0.717, 1.165) is 12.8 Å². The fourth-order valence-corrected chi connectivity index (χ4v) is 5.29. The maximum Gasteiger partial charge on any atom is 0.341 e. The number of benzene rings is 1. The van der Waals surface area contributed by atoms with Gasteiger partial charge in [0.15, 0.2) is 16.4 Å². The second kappa shape index (κ2) is 8.29. The van der Waals surface area contributed by atoms with Crippen LogP contribution in [0.15, 0.2) is 12.1 Å². The zero-order valence-corrected chi connectivity index (χ0v) is 17.0. The molecule has 150 valence electrons. The summed E-state index contributed by atoms with van der Waals surface area (Å²) in [6.45, 7) is 3.05. The van der Waals surface area contributed by atoms with Gasteiger partial charge >= 0.3 is 5.97 Å². The number of ether oxygens (including phenoxy) is 1. The first-order chi connectivity index (χ1) is 12.5. The average molecular weight is 397 g/mol. The molecular formula is C19H27NO6S. The fourth-order valence-electron chi connectivity index (χ4n) is 3.81. The van der Waals surface area contributed by atoms with E-state index in [0.29, 0.717) is 35.3 Å². The number of nitrogens with zero attached hydrogens (tertiary/aromatic N) is 1. The van der Waals surface area contributed by atoms with Crippen LogP contribution in [0.5, 0.6) is 5.75 Å². The number of carbonyl (C=O) groups is 2. The highest BCUT2D eigenvalue weighted by Gasteiger charge is 2.37. The van der Waals surface area contributed by atoms with E-state index in [4.69, 9.17) is 9.84 Å². The maximum atomic E-state index is 13.0. The molecule has 7 nitrogen and oxygen atoms in total. The Morgan fingerprint density at radius 1 is 1.19 bits per heavy atom. The molecule has 0 spiro atoms. The Balaban J connectivity index is 2.27. The minimum Gasteiger partial charge on any atom is -0.481 e. The molecule has 2 rings (SSSR count). The molecule has 0 aliphatic heterocycles. The molecule has 1 aliphatic carbocycles. The smallest absolute Gasteiger partial charge is 0.341 e. The predicted molar refractivity (Wildman–Crippen MR) is 102 cm³/mol. The van der Waals surface area contributed by atoms with Crippen molar-refractivity contribution in [3.63, 3.8) is 0 Å². The topological polar surface area (TPSA) is 101 Å². The number of aliphatic carboxylic acids is 1. The summed E-state index contributed by atoms with van der Waals surface area (Å²) in [6, 6.07) is 2.97. The molecule has 2 unspecified atom stereocenters. The Morgan fingerprint density at radius 3 is 2.26 bits per heavy atom. The van der Waals surface area contributed by atoms with Gasteiger partial charge in [-0.05, 0) is 49.9 Å². The molecule has 1 saturated carbocycles. The van der Waals surface area contributed by atoms with Crippen LogP contribution in [0.25, 0.3) is 0 Å². The summed E-state index contributed by atoms with van der Waals surface area (Å²) in [6.07, 6.45) is 4.22. The molecule has 0 bridgehead atoms. The SMILES string of the molecule is Cc1cc(C(=O)N(C)C2CCCCC2S(C)(=O)=O)cc(C)c1OCC(=O)O. The minimum atomic E-state index is -3.24. The van der Waals surface area contributed by atoms with Crippen molar-refractivity contribution in [1.82, 2.24) is 4.90 Å².